The van der Waals surface area contributed by atoms with E-state index in [1.54, 1.807) is 21.9 Å². The van der Waals surface area contributed by atoms with Crippen LogP contribution in [-0.2, 0) is 0 Å². The van der Waals surface area contributed by atoms with Gasteiger partial charge in [-0.2, -0.15) is 0 Å². The Bertz CT molecular complexity index is 918. The molecule has 1 aliphatic rings. The topological polar surface area (TPSA) is 66.9 Å². The monoisotopic (exact) mass is 338 g/mol. The van der Waals surface area contributed by atoms with Crippen molar-refractivity contribution in [2.24, 2.45) is 0 Å². The molecule has 1 saturated heterocycles. The van der Waals surface area contributed by atoms with E-state index in [4.69, 9.17) is 8.83 Å². The number of aryl methyl sites for hydroxylation is 1. The number of para-hydroxylation sites is 1. The summed E-state index contributed by atoms with van der Waals surface area (Å²) in [5, 5.41) is 0.956. The molecule has 0 spiro atoms. The van der Waals surface area contributed by atoms with E-state index in [-0.39, 0.29) is 11.8 Å². The maximum Gasteiger partial charge on any atom is 0.290 e. The molecule has 3 heterocycles. The van der Waals surface area contributed by atoms with E-state index in [0.29, 0.717) is 37.7 Å². The summed E-state index contributed by atoms with van der Waals surface area (Å²) in [6.45, 7) is 3.80. The van der Waals surface area contributed by atoms with Crippen molar-refractivity contribution in [1.29, 1.82) is 0 Å². The molecule has 0 saturated carbocycles. The molecule has 0 radical (unpaired) electrons. The zero-order valence-corrected chi connectivity index (χ0v) is 13.9. The Balaban J connectivity index is 1.47. The van der Waals surface area contributed by atoms with Crippen molar-refractivity contribution in [1.82, 2.24) is 9.80 Å². The molecule has 25 heavy (non-hydrogen) atoms. The number of hydrogen-bond acceptors (Lipinski definition) is 4. The van der Waals surface area contributed by atoms with E-state index in [9.17, 15) is 9.59 Å². The van der Waals surface area contributed by atoms with Crippen LogP contribution in [0.15, 0.2) is 51.5 Å². The van der Waals surface area contributed by atoms with Crippen molar-refractivity contribution < 1.29 is 18.4 Å². The number of amides is 2. The number of carbonyl (C=O) groups is 2. The van der Waals surface area contributed by atoms with Gasteiger partial charge in [0.1, 0.15) is 5.58 Å². The SMILES string of the molecule is Cc1c(C(=O)N2CCN(C(=O)c3ccco3)CC2)oc2ccccc12. The molecule has 0 bridgehead atoms. The number of furan rings is 2. The first kappa shape index (κ1) is 15.5. The molecular formula is C19H18N2O4. The van der Waals surface area contributed by atoms with Gasteiger partial charge in [0, 0.05) is 37.1 Å². The van der Waals surface area contributed by atoms with Crippen LogP contribution in [0, 0.1) is 6.92 Å². The quantitative estimate of drug-likeness (QED) is 0.720. The van der Waals surface area contributed by atoms with Gasteiger partial charge in [0.15, 0.2) is 11.5 Å². The molecule has 2 aromatic heterocycles. The summed E-state index contributed by atoms with van der Waals surface area (Å²) in [5.74, 6) is 0.440. The molecule has 6 heteroatoms. The summed E-state index contributed by atoms with van der Waals surface area (Å²) in [5.41, 5.74) is 1.57. The Hall–Kier alpha value is -3.02. The molecule has 0 N–H and O–H groups in total. The second-order valence-electron chi connectivity index (χ2n) is 6.11. The average molecular weight is 338 g/mol. The zero-order chi connectivity index (χ0) is 17.4. The highest BCUT2D eigenvalue weighted by Gasteiger charge is 2.29. The summed E-state index contributed by atoms with van der Waals surface area (Å²) >= 11 is 0. The van der Waals surface area contributed by atoms with Crippen LogP contribution in [-0.4, -0.2) is 47.8 Å². The molecule has 2 amide bonds. The Kier molecular flexibility index (Phi) is 3.80. The predicted octanol–water partition coefficient (Wildman–Crippen LogP) is 2.93. The molecule has 0 aliphatic carbocycles. The van der Waals surface area contributed by atoms with E-state index >= 15 is 0 Å². The fraction of sp³-hybridized carbons (Fsp3) is 0.263. The summed E-state index contributed by atoms with van der Waals surface area (Å²) in [4.78, 5) is 28.5. The highest BCUT2D eigenvalue weighted by molar-refractivity contribution is 5.99. The van der Waals surface area contributed by atoms with Crippen molar-refractivity contribution in [3.8, 4) is 0 Å². The van der Waals surface area contributed by atoms with E-state index in [0.717, 1.165) is 16.5 Å². The second kappa shape index (κ2) is 6.12. The Morgan fingerprint density at radius 3 is 2.24 bits per heavy atom. The van der Waals surface area contributed by atoms with Crippen molar-refractivity contribution in [3.63, 3.8) is 0 Å². The summed E-state index contributed by atoms with van der Waals surface area (Å²) in [7, 11) is 0. The normalized spacial score (nSPS) is 14.9. The Morgan fingerprint density at radius 1 is 0.920 bits per heavy atom. The summed E-state index contributed by atoms with van der Waals surface area (Å²) in [6.07, 6.45) is 1.48. The van der Waals surface area contributed by atoms with E-state index in [1.165, 1.54) is 6.26 Å². The van der Waals surface area contributed by atoms with Crippen LogP contribution in [0.3, 0.4) is 0 Å². The number of hydrogen-bond donors (Lipinski definition) is 0. The van der Waals surface area contributed by atoms with Crippen molar-refractivity contribution >= 4 is 22.8 Å². The van der Waals surface area contributed by atoms with Crippen LogP contribution in [0.25, 0.3) is 11.0 Å². The first-order chi connectivity index (χ1) is 12.1. The van der Waals surface area contributed by atoms with Gasteiger partial charge in [0.05, 0.1) is 6.26 Å². The molecular weight excluding hydrogens is 320 g/mol. The molecule has 128 valence electrons. The fourth-order valence-corrected chi connectivity index (χ4v) is 3.19. The molecule has 1 aromatic carbocycles. The third kappa shape index (κ3) is 2.69. The molecule has 6 nitrogen and oxygen atoms in total. The Labute approximate surface area is 144 Å². The number of carbonyl (C=O) groups excluding carboxylic acids is 2. The van der Waals surface area contributed by atoms with Gasteiger partial charge in [-0.1, -0.05) is 18.2 Å². The maximum atomic E-state index is 12.8. The van der Waals surface area contributed by atoms with Crippen LogP contribution >= 0.6 is 0 Å². The number of piperazine rings is 1. The van der Waals surface area contributed by atoms with Crippen molar-refractivity contribution in [3.05, 3.63) is 59.7 Å². The lowest BCUT2D eigenvalue weighted by molar-refractivity contribution is 0.0503. The number of nitrogens with zero attached hydrogens (tertiary/aromatic N) is 2. The average Bonchev–Trinajstić information content (AvgIpc) is 3.30. The summed E-state index contributed by atoms with van der Waals surface area (Å²) in [6, 6.07) is 11.0. The Morgan fingerprint density at radius 2 is 1.60 bits per heavy atom. The number of rotatable bonds is 2. The largest absolute Gasteiger partial charge is 0.459 e. The van der Waals surface area contributed by atoms with Gasteiger partial charge in [-0.25, -0.2) is 0 Å². The molecule has 3 aromatic rings. The van der Waals surface area contributed by atoms with E-state index < -0.39 is 0 Å². The van der Waals surface area contributed by atoms with Crippen LogP contribution in [0.4, 0.5) is 0 Å². The highest BCUT2D eigenvalue weighted by Crippen LogP contribution is 2.26. The lowest BCUT2D eigenvalue weighted by atomic mass is 10.1. The van der Waals surface area contributed by atoms with Gasteiger partial charge >= 0.3 is 0 Å². The van der Waals surface area contributed by atoms with Gasteiger partial charge < -0.3 is 18.6 Å². The third-order valence-electron chi connectivity index (χ3n) is 4.62. The van der Waals surface area contributed by atoms with E-state index in [2.05, 4.69) is 0 Å². The minimum atomic E-state index is -0.142. The molecule has 1 fully saturated rings. The number of fused-ring (bicyclic) bond motifs is 1. The number of benzene rings is 1. The van der Waals surface area contributed by atoms with Crippen LogP contribution in [0.2, 0.25) is 0 Å². The lowest BCUT2D eigenvalue weighted by Gasteiger charge is -2.34. The van der Waals surface area contributed by atoms with Crippen molar-refractivity contribution in [2.75, 3.05) is 26.2 Å². The van der Waals surface area contributed by atoms with E-state index in [1.807, 2.05) is 31.2 Å². The lowest BCUT2D eigenvalue weighted by Crippen LogP contribution is -2.50. The van der Waals surface area contributed by atoms with Gasteiger partial charge in [0.2, 0.25) is 0 Å². The standard InChI is InChI=1S/C19H18N2O4/c1-13-14-5-2-3-6-15(14)25-17(13)19(23)21-10-8-20(9-11-21)18(22)16-7-4-12-24-16/h2-7,12H,8-11H2,1H3. The van der Waals surface area contributed by atoms with Gasteiger partial charge in [0.25, 0.3) is 11.8 Å². The minimum Gasteiger partial charge on any atom is -0.459 e. The first-order valence-corrected chi connectivity index (χ1v) is 8.25. The predicted molar refractivity (Wildman–Crippen MR) is 91.5 cm³/mol. The van der Waals surface area contributed by atoms with Gasteiger partial charge in [-0.3, -0.25) is 9.59 Å². The first-order valence-electron chi connectivity index (χ1n) is 8.25. The van der Waals surface area contributed by atoms with Gasteiger partial charge in [-0.05, 0) is 25.1 Å². The molecule has 4 rings (SSSR count). The smallest absolute Gasteiger partial charge is 0.290 e. The molecule has 0 unspecified atom stereocenters. The van der Waals surface area contributed by atoms with Crippen LogP contribution < -0.4 is 0 Å². The molecule has 0 atom stereocenters. The van der Waals surface area contributed by atoms with Crippen LogP contribution in [0.1, 0.15) is 26.7 Å². The van der Waals surface area contributed by atoms with Gasteiger partial charge in [-0.15, -0.1) is 0 Å². The maximum absolute atomic E-state index is 12.8. The summed E-state index contributed by atoms with van der Waals surface area (Å²) < 4.78 is 10.9. The third-order valence-corrected chi connectivity index (χ3v) is 4.62. The molecule has 1 aliphatic heterocycles. The highest BCUT2D eigenvalue weighted by atomic mass is 16.3. The fourth-order valence-electron chi connectivity index (χ4n) is 3.19. The minimum absolute atomic E-state index is 0.126. The van der Waals surface area contributed by atoms with Crippen LogP contribution in [0.5, 0.6) is 0 Å². The second-order valence-corrected chi connectivity index (χ2v) is 6.11. The zero-order valence-electron chi connectivity index (χ0n) is 13.9. The van der Waals surface area contributed by atoms with Crippen molar-refractivity contribution in [2.45, 2.75) is 6.92 Å².